The second kappa shape index (κ2) is 11.7. The topological polar surface area (TPSA) is 47.6 Å². The lowest BCUT2D eigenvalue weighted by molar-refractivity contribution is -0.123. The summed E-state index contributed by atoms with van der Waals surface area (Å²) in [4.78, 5) is 18.0. The molecule has 0 bridgehead atoms. The Morgan fingerprint density at radius 2 is 1.78 bits per heavy atom. The molecule has 2 saturated heterocycles. The van der Waals surface area contributed by atoms with Crippen LogP contribution in [0.1, 0.15) is 84.0 Å². The van der Waals surface area contributed by atoms with Gasteiger partial charge in [0.1, 0.15) is 0 Å². The van der Waals surface area contributed by atoms with E-state index in [2.05, 4.69) is 41.5 Å². The third-order valence-corrected chi connectivity index (χ3v) is 9.39. The molecule has 0 radical (unpaired) electrons. The molecule has 2 heterocycles. The van der Waals surface area contributed by atoms with E-state index < -0.39 is 0 Å². The van der Waals surface area contributed by atoms with Crippen LogP contribution in [0.15, 0.2) is 0 Å². The molecule has 4 fully saturated rings. The molecule has 2 N–H and O–H groups in total. The predicted molar refractivity (Wildman–Crippen MR) is 133 cm³/mol. The summed E-state index contributed by atoms with van der Waals surface area (Å²) in [5.74, 6) is 3.39. The zero-order chi connectivity index (χ0) is 22.5. The molecule has 5 heteroatoms. The van der Waals surface area contributed by atoms with Crippen LogP contribution in [0.2, 0.25) is 0 Å². The molecule has 5 nitrogen and oxygen atoms in total. The van der Waals surface area contributed by atoms with Crippen molar-refractivity contribution in [2.75, 3.05) is 40.3 Å². The summed E-state index contributed by atoms with van der Waals surface area (Å²) in [6, 6.07) is 1.38. The van der Waals surface area contributed by atoms with Crippen molar-refractivity contribution < 1.29 is 4.79 Å². The van der Waals surface area contributed by atoms with Crippen molar-refractivity contribution in [2.24, 2.45) is 23.7 Å². The molecule has 4 aliphatic rings. The highest BCUT2D eigenvalue weighted by Crippen LogP contribution is 2.37. The van der Waals surface area contributed by atoms with E-state index >= 15 is 0 Å². The van der Waals surface area contributed by atoms with Crippen LogP contribution in [0.5, 0.6) is 0 Å². The van der Waals surface area contributed by atoms with Gasteiger partial charge in [-0.3, -0.25) is 4.79 Å². The van der Waals surface area contributed by atoms with Crippen molar-refractivity contribution in [3.8, 4) is 0 Å². The Morgan fingerprint density at radius 1 is 1.00 bits per heavy atom. The fourth-order valence-electron chi connectivity index (χ4n) is 7.40. The average molecular weight is 447 g/mol. The lowest BCUT2D eigenvalue weighted by Gasteiger charge is -2.43. The zero-order valence-electron chi connectivity index (χ0n) is 21.2. The minimum atomic E-state index is 0.0499. The third kappa shape index (κ3) is 6.27. The highest BCUT2D eigenvalue weighted by Gasteiger charge is 2.41. The van der Waals surface area contributed by atoms with E-state index in [-0.39, 0.29) is 11.9 Å². The molecule has 2 aliphatic carbocycles. The molecule has 184 valence electrons. The van der Waals surface area contributed by atoms with E-state index in [1.54, 1.807) is 0 Å². The first-order chi connectivity index (χ1) is 15.5. The van der Waals surface area contributed by atoms with Crippen LogP contribution < -0.4 is 10.6 Å². The summed E-state index contributed by atoms with van der Waals surface area (Å²) in [5, 5.41) is 7.02. The lowest BCUT2D eigenvalue weighted by Crippen LogP contribution is -2.48. The van der Waals surface area contributed by atoms with E-state index in [9.17, 15) is 4.79 Å². The molecule has 0 aromatic carbocycles. The number of fused-ring (bicyclic) bond motifs is 1. The van der Waals surface area contributed by atoms with Gasteiger partial charge in [0.15, 0.2) is 0 Å². The SMILES string of the molecule is CC1CCCC2CC(C(=O)NCCC3CCCCC3N3CCC(CCN(C)C)CC3)NC12. The summed E-state index contributed by atoms with van der Waals surface area (Å²) in [6.45, 7) is 7.03. The third-order valence-electron chi connectivity index (χ3n) is 9.39. The minimum Gasteiger partial charge on any atom is -0.355 e. The summed E-state index contributed by atoms with van der Waals surface area (Å²) in [7, 11) is 4.38. The lowest BCUT2D eigenvalue weighted by atomic mass is 9.78. The Balaban J connectivity index is 1.19. The summed E-state index contributed by atoms with van der Waals surface area (Å²) in [6.07, 6.45) is 15.8. The maximum Gasteiger partial charge on any atom is 0.237 e. The molecule has 6 atom stereocenters. The smallest absolute Gasteiger partial charge is 0.237 e. The highest BCUT2D eigenvalue weighted by atomic mass is 16.2. The predicted octanol–water partition coefficient (Wildman–Crippen LogP) is 3.88. The first-order valence-corrected chi connectivity index (χ1v) is 13.9. The summed E-state index contributed by atoms with van der Waals surface area (Å²) < 4.78 is 0. The molecule has 6 unspecified atom stereocenters. The quantitative estimate of drug-likeness (QED) is 0.594. The Hall–Kier alpha value is -0.650. The van der Waals surface area contributed by atoms with E-state index in [0.29, 0.717) is 6.04 Å². The average Bonchev–Trinajstić information content (AvgIpc) is 3.24. The normalized spacial score (nSPS) is 36.9. The van der Waals surface area contributed by atoms with Crippen LogP contribution in [-0.4, -0.2) is 74.1 Å². The largest absolute Gasteiger partial charge is 0.355 e. The molecule has 0 aromatic rings. The maximum atomic E-state index is 12.9. The zero-order valence-corrected chi connectivity index (χ0v) is 21.2. The Labute approximate surface area is 197 Å². The Kier molecular flexibility index (Phi) is 8.92. The monoisotopic (exact) mass is 446 g/mol. The van der Waals surface area contributed by atoms with Gasteiger partial charge in [0, 0.05) is 18.6 Å². The van der Waals surface area contributed by atoms with E-state index in [0.717, 1.165) is 49.1 Å². The van der Waals surface area contributed by atoms with Crippen LogP contribution in [0.25, 0.3) is 0 Å². The van der Waals surface area contributed by atoms with Gasteiger partial charge in [0.05, 0.1) is 6.04 Å². The van der Waals surface area contributed by atoms with Gasteiger partial charge in [-0.25, -0.2) is 0 Å². The molecule has 0 spiro atoms. The molecule has 32 heavy (non-hydrogen) atoms. The number of rotatable bonds is 8. The minimum absolute atomic E-state index is 0.0499. The molecule has 0 aromatic heterocycles. The van der Waals surface area contributed by atoms with Crippen LogP contribution in [0, 0.1) is 23.7 Å². The first-order valence-electron chi connectivity index (χ1n) is 13.9. The number of carbonyl (C=O) groups is 1. The number of hydrogen-bond acceptors (Lipinski definition) is 4. The Bertz CT molecular complexity index is 588. The summed E-state index contributed by atoms with van der Waals surface area (Å²) >= 11 is 0. The molecule has 2 saturated carbocycles. The maximum absolute atomic E-state index is 12.9. The number of amides is 1. The van der Waals surface area contributed by atoms with Gasteiger partial charge < -0.3 is 20.4 Å². The molecular weight excluding hydrogens is 396 g/mol. The second-order valence-corrected chi connectivity index (χ2v) is 11.9. The van der Waals surface area contributed by atoms with Crippen molar-refractivity contribution >= 4 is 5.91 Å². The molecule has 2 aliphatic heterocycles. The van der Waals surface area contributed by atoms with Gasteiger partial charge in [-0.05, 0) is 115 Å². The van der Waals surface area contributed by atoms with Crippen LogP contribution in [0.4, 0.5) is 0 Å². The van der Waals surface area contributed by atoms with Crippen molar-refractivity contribution in [3.05, 3.63) is 0 Å². The molecular formula is C27H50N4O. The number of nitrogens with zero attached hydrogens (tertiary/aromatic N) is 2. The number of nitrogens with one attached hydrogen (secondary N) is 2. The Morgan fingerprint density at radius 3 is 2.53 bits per heavy atom. The number of piperidine rings is 1. The van der Waals surface area contributed by atoms with Gasteiger partial charge in [-0.2, -0.15) is 0 Å². The van der Waals surface area contributed by atoms with Gasteiger partial charge in [-0.1, -0.05) is 26.2 Å². The van der Waals surface area contributed by atoms with E-state index in [1.807, 2.05) is 0 Å². The van der Waals surface area contributed by atoms with Crippen molar-refractivity contribution in [1.82, 2.24) is 20.4 Å². The van der Waals surface area contributed by atoms with Crippen molar-refractivity contribution in [2.45, 2.75) is 102 Å². The van der Waals surface area contributed by atoms with Crippen LogP contribution in [0.3, 0.4) is 0 Å². The standard InChI is InChI=1S/C27H50N4O/c1-20-7-6-9-23-19-24(29-26(20)23)27(32)28-15-11-22-8-4-5-10-25(22)31-17-13-21(14-18-31)12-16-30(2)3/h20-26,29H,4-19H2,1-3H3,(H,28,32). The highest BCUT2D eigenvalue weighted by molar-refractivity contribution is 5.82. The second-order valence-electron chi connectivity index (χ2n) is 11.9. The number of hydrogen-bond donors (Lipinski definition) is 2. The van der Waals surface area contributed by atoms with E-state index in [4.69, 9.17) is 0 Å². The van der Waals surface area contributed by atoms with Gasteiger partial charge in [-0.15, -0.1) is 0 Å². The molecule has 4 rings (SSSR count). The van der Waals surface area contributed by atoms with Crippen molar-refractivity contribution in [3.63, 3.8) is 0 Å². The van der Waals surface area contributed by atoms with Crippen LogP contribution in [-0.2, 0) is 4.79 Å². The fraction of sp³-hybridized carbons (Fsp3) is 0.963. The van der Waals surface area contributed by atoms with Crippen molar-refractivity contribution in [1.29, 1.82) is 0 Å². The molecule has 1 amide bonds. The first kappa shape index (κ1) is 24.5. The summed E-state index contributed by atoms with van der Waals surface area (Å²) in [5.41, 5.74) is 0. The van der Waals surface area contributed by atoms with Gasteiger partial charge in [0.2, 0.25) is 5.91 Å². The van der Waals surface area contributed by atoms with Gasteiger partial charge in [0.25, 0.3) is 0 Å². The number of carbonyl (C=O) groups excluding carboxylic acids is 1. The van der Waals surface area contributed by atoms with E-state index in [1.165, 1.54) is 83.8 Å². The fourth-order valence-corrected chi connectivity index (χ4v) is 7.40. The number of likely N-dealkylation sites (tertiary alicyclic amines) is 1. The van der Waals surface area contributed by atoms with Gasteiger partial charge >= 0.3 is 0 Å². The van der Waals surface area contributed by atoms with Crippen LogP contribution >= 0.6 is 0 Å².